The molecule has 1 heterocycles. The zero-order valence-corrected chi connectivity index (χ0v) is 10.8. The number of aromatic nitrogens is 1. The van der Waals surface area contributed by atoms with Crippen molar-refractivity contribution in [3.63, 3.8) is 0 Å². The maximum Gasteiger partial charge on any atom is 0.294 e. The lowest BCUT2D eigenvalue weighted by molar-refractivity contribution is -0.385. The number of aliphatic hydroxyl groups is 2. The van der Waals surface area contributed by atoms with Gasteiger partial charge in [0, 0.05) is 6.20 Å². The average Bonchev–Trinajstić information content (AvgIpc) is 2.43. The van der Waals surface area contributed by atoms with Gasteiger partial charge in [-0.2, -0.15) is 0 Å². The van der Waals surface area contributed by atoms with Crippen LogP contribution in [0.4, 0.5) is 5.69 Å². The molecular formula is C13H18N2O4. The molecule has 1 unspecified atom stereocenters. The van der Waals surface area contributed by atoms with Gasteiger partial charge in [-0.05, 0) is 24.5 Å². The maximum atomic E-state index is 11.0. The van der Waals surface area contributed by atoms with Crippen molar-refractivity contribution in [2.24, 2.45) is 0 Å². The van der Waals surface area contributed by atoms with Gasteiger partial charge in [0.2, 0.25) is 0 Å². The van der Waals surface area contributed by atoms with Crippen molar-refractivity contribution in [2.75, 3.05) is 6.61 Å². The van der Waals surface area contributed by atoms with E-state index in [4.69, 9.17) is 5.11 Å². The number of aliphatic hydroxyl groups excluding tert-OH is 2. The molecule has 0 bridgehead atoms. The van der Waals surface area contributed by atoms with Crippen LogP contribution in [0.15, 0.2) is 24.5 Å². The zero-order valence-electron chi connectivity index (χ0n) is 10.8. The number of nitrogens with zero attached hydrogens (tertiary/aromatic N) is 2. The van der Waals surface area contributed by atoms with Gasteiger partial charge in [-0.15, -0.1) is 0 Å². The van der Waals surface area contributed by atoms with E-state index in [1.54, 1.807) is 12.1 Å². The van der Waals surface area contributed by atoms with Crippen LogP contribution in [0.3, 0.4) is 0 Å². The van der Waals surface area contributed by atoms with Crippen LogP contribution in [0.2, 0.25) is 0 Å². The number of pyridine rings is 1. The summed E-state index contributed by atoms with van der Waals surface area (Å²) in [5.41, 5.74) is 1.27. The third kappa shape index (κ3) is 4.42. The number of rotatable bonds is 7. The van der Waals surface area contributed by atoms with E-state index in [-0.39, 0.29) is 18.7 Å². The first-order valence-corrected chi connectivity index (χ1v) is 6.16. The van der Waals surface area contributed by atoms with E-state index < -0.39 is 11.0 Å². The van der Waals surface area contributed by atoms with Crippen LogP contribution in [-0.2, 0) is 0 Å². The third-order valence-electron chi connectivity index (χ3n) is 2.71. The van der Waals surface area contributed by atoms with E-state index in [0.29, 0.717) is 12.0 Å². The van der Waals surface area contributed by atoms with E-state index in [1.165, 1.54) is 12.4 Å². The normalized spacial score (nSPS) is 13.3. The molecule has 6 nitrogen and oxygen atoms in total. The summed E-state index contributed by atoms with van der Waals surface area (Å²) in [6.07, 6.45) is 5.41. The molecule has 0 spiro atoms. The Morgan fingerprint density at radius 1 is 1.63 bits per heavy atom. The van der Waals surface area contributed by atoms with Crippen molar-refractivity contribution in [1.29, 1.82) is 0 Å². The summed E-state index contributed by atoms with van der Waals surface area (Å²) in [7, 11) is 0. The van der Waals surface area contributed by atoms with E-state index in [9.17, 15) is 15.2 Å². The number of hydrogen-bond donors (Lipinski definition) is 2. The fraction of sp³-hybridized carbons (Fsp3) is 0.462. The highest BCUT2D eigenvalue weighted by Crippen LogP contribution is 2.28. The van der Waals surface area contributed by atoms with Crippen LogP contribution < -0.4 is 0 Å². The highest BCUT2D eigenvalue weighted by molar-refractivity contribution is 5.72. The lowest BCUT2D eigenvalue weighted by atomic mass is 9.99. The minimum atomic E-state index is -0.840. The summed E-state index contributed by atoms with van der Waals surface area (Å²) in [5, 5.41) is 29.1. The van der Waals surface area contributed by atoms with Gasteiger partial charge in [0.15, 0.2) is 0 Å². The highest BCUT2D eigenvalue weighted by Gasteiger charge is 2.16. The summed E-state index contributed by atoms with van der Waals surface area (Å²) >= 11 is 0. The minimum Gasteiger partial charge on any atom is -0.394 e. The molecule has 0 saturated carbocycles. The summed E-state index contributed by atoms with van der Waals surface area (Å²) in [5.74, 6) is 0. The predicted octanol–water partition coefficient (Wildman–Crippen LogP) is 1.92. The number of hydrogen-bond acceptors (Lipinski definition) is 5. The first-order valence-electron chi connectivity index (χ1n) is 6.16. The van der Waals surface area contributed by atoms with Crippen molar-refractivity contribution in [1.82, 2.24) is 4.98 Å². The minimum absolute atomic E-state index is 0.0410. The fourth-order valence-corrected chi connectivity index (χ4v) is 1.77. The third-order valence-corrected chi connectivity index (χ3v) is 2.71. The van der Waals surface area contributed by atoms with Gasteiger partial charge in [-0.1, -0.05) is 19.4 Å². The molecule has 0 aliphatic heterocycles. The van der Waals surface area contributed by atoms with Crippen LogP contribution in [0.5, 0.6) is 0 Å². The Morgan fingerprint density at radius 3 is 2.95 bits per heavy atom. The Labute approximate surface area is 111 Å². The Bertz CT molecular complexity index is 460. The molecule has 1 aromatic rings. The molecule has 2 N–H and O–H groups in total. The molecule has 104 valence electrons. The quantitative estimate of drug-likeness (QED) is 0.580. The van der Waals surface area contributed by atoms with E-state index in [0.717, 1.165) is 12.0 Å². The van der Waals surface area contributed by atoms with Gasteiger partial charge in [0.1, 0.15) is 6.20 Å². The summed E-state index contributed by atoms with van der Waals surface area (Å²) in [6, 6.07) is 1.60. The Kier molecular flexibility index (Phi) is 6.11. The van der Waals surface area contributed by atoms with Crippen LogP contribution >= 0.6 is 0 Å². The first-order chi connectivity index (χ1) is 9.10. The van der Waals surface area contributed by atoms with Crippen molar-refractivity contribution >= 4 is 11.3 Å². The largest absolute Gasteiger partial charge is 0.394 e. The van der Waals surface area contributed by atoms with Crippen LogP contribution in [-0.4, -0.2) is 32.8 Å². The van der Waals surface area contributed by atoms with Gasteiger partial charge >= 0.3 is 0 Å². The second kappa shape index (κ2) is 7.60. The Hall–Kier alpha value is -1.79. The summed E-state index contributed by atoms with van der Waals surface area (Å²) in [4.78, 5) is 14.3. The molecular weight excluding hydrogens is 248 g/mol. The van der Waals surface area contributed by atoms with Gasteiger partial charge < -0.3 is 10.2 Å². The molecule has 0 aliphatic rings. The Morgan fingerprint density at radius 2 is 2.37 bits per heavy atom. The molecule has 1 aromatic heterocycles. The monoisotopic (exact) mass is 266 g/mol. The molecule has 0 saturated heterocycles. The number of allylic oxidation sites excluding steroid dienone is 1. The second-order valence-electron chi connectivity index (χ2n) is 4.20. The van der Waals surface area contributed by atoms with Gasteiger partial charge in [-0.25, -0.2) is 0 Å². The highest BCUT2D eigenvalue weighted by atomic mass is 16.6. The number of nitro groups is 1. The van der Waals surface area contributed by atoms with Gasteiger partial charge in [-0.3, -0.25) is 15.1 Å². The first kappa shape index (κ1) is 15.3. The summed E-state index contributed by atoms with van der Waals surface area (Å²) < 4.78 is 0. The average molecular weight is 266 g/mol. The van der Waals surface area contributed by atoms with E-state index >= 15 is 0 Å². The zero-order chi connectivity index (χ0) is 14.3. The van der Waals surface area contributed by atoms with E-state index in [1.807, 2.05) is 6.92 Å². The molecule has 0 fully saturated rings. The van der Waals surface area contributed by atoms with Crippen LogP contribution in [0, 0.1) is 10.1 Å². The second-order valence-corrected chi connectivity index (χ2v) is 4.20. The molecule has 0 radical (unpaired) electrons. The van der Waals surface area contributed by atoms with E-state index in [2.05, 4.69) is 4.98 Å². The topological polar surface area (TPSA) is 96.5 Å². The van der Waals surface area contributed by atoms with Crippen LogP contribution in [0.1, 0.15) is 31.7 Å². The standard InChI is InChI=1S/C13H18N2O4/c1-2-3-10(4-5-11(17)9-16)12-6-7-14-8-13(12)15(18)19/h4,6-8,11,16-17H,2-3,5,9H2,1H3. The molecule has 19 heavy (non-hydrogen) atoms. The maximum absolute atomic E-state index is 11.0. The van der Waals surface area contributed by atoms with Gasteiger partial charge in [0.05, 0.1) is 23.2 Å². The smallest absolute Gasteiger partial charge is 0.294 e. The van der Waals surface area contributed by atoms with Crippen LogP contribution in [0.25, 0.3) is 5.57 Å². The van der Waals surface area contributed by atoms with Crippen molar-refractivity contribution in [3.8, 4) is 0 Å². The molecule has 0 aliphatic carbocycles. The van der Waals surface area contributed by atoms with Crippen molar-refractivity contribution in [2.45, 2.75) is 32.3 Å². The van der Waals surface area contributed by atoms with Crippen molar-refractivity contribution < 1.29 is 15.1 Å². The molecule has 6 heteroatoms. The fourth-order valence-electron chi connectivity index (χ4n) is 1.77. The molecule has 1 rings (SSSR count). The lowest BCUT2D eigenvalue weighted by Crippen LogP contribution is -2.10. The van der Waals surface area contributed by atoms with Gasteiger partial charge in [0.25, 0.3) is 5.69 Å². The van der Waals surface area contributed by atoms with Crippen molar-refractivity contribution in [3.05, 3.63) is 40.2 Å². The summed E-state index contributed by atoms with van der Waals surface area (Å²) in [6.45, 7) is 1.65. The molecule has 0 amide bonds. The SMILES string of the molecule is CCCC(=CCC(O)CO)c1ccncc1[N+](=O)[O-]. The molecule has 1 atom stereocenters. The molecule has 0 aromatic carbocycles. The Balaban J connectivity index is 3.08. The lowest BCUT2D eigenvalue weighted by Gasteiger charge is -2.09. The predicted molar refractivity (Wildman–Crippen MR) is 71.5 cm³/mol.